The minimum atomic E-state index is -0.425. The lowest BCUT2D eigenvalue weighted by Gasteiger charge is -2.12. The molecule has 13 heteroatoms. The molecule has 4 aromatic rings. The second-order valence-corrected chi connectivity index (χ2v) is 10.2. The summed E-state index contributed by atoms with van der Waals surface area (Å²) in [6, 6.07) is 20.5. The number of halogens is 1. The fourth-order valence-electron chi connectivity index (χ4n) is 3.77. The monoisotopic (exact) mass is 623 g/mol. The molecule has 43 heavy (non-hydrogen) atoms. The average molecular weight is 624 g/mol. The number of carbonyl (C=O) groups is 3. The number of rotatable bonds is 14. The van der Waals surface area contributed by atoms with Crippen LogP contribution in [0, 0.1) is 0 Å². The van der Waals surface area contributed by atoms with Crippen LogP contribution in [-0.4, -0.2) is 58.1 Å². The van der Waals surface area contributed by atoms with E-state index in [0.29, 0.717) is 45.4 Å². The van der Waals surface area contributed by atoms with Gasteiger partial charge in [0.05, 0.1) is 31.1 Å². The fourth-order valence-corrected chi connectivity index (χ4v) is 4.66. The van der Waals surface area contributed by atoms with Gasteiger partial charge in [-0.25, -0.2) is 4.79 Å². The molecule has 1 heterocycles. The van der Waals surface area contributed by atoms with Gasteiger partial charge < -0.3 is 24.8 Å². The summed E-state index contributed by atoms with van der Waals surface area (Å²) >= 11 is 7.07. The van der Waals surface area contributed by atoms with Gasteiger partial charge in [-0.2, -0.15) is 0 Å². The van der Waals surface area contributed by atoms with Crippen molar-refractivity contribution in [3.63, 3.8) is 0 Å². The van der Waals surface area contributed by atoms with Gasteiger partial charge in [0.2, 0.25) is 5.91 Å². The lowest BCUT2D eigenvalue weighted by molar-refractivity contribution is -0.123. The predicted octanol–water partition coefficient (Wildman–Crippen LogP) is 4.92. The second-order valence-electron chi connectivity index (χ2n) is 8.82. The predicted molar refractivity (Wildman–Crippen MR) is 163 cm³/mol. The average Bonchev–Trinajstić information content (AvgIpc) is 3.42. The van der Waals surface area contributed by atoms with Crippen molar-refractivity contribution in [1.82, 2.24) is 20.1 Å². The second kappa shape index (κ2) is 15.6. The number of esters is 1. The van der Waals surface area contributed by atoms with Crippen LogP contribution >= 0.6 is 23.4 Å². The Morgan fingerprint density at radius 3 is 2.19 bits per heavy atom. The molecular weight excluding hydrogens is 594 g/mol. The third-order valence-corrected chi connectivity index (χ3v) is 6.93. The van der Waals surface area contributed by atoms with E-state index in [1.807, 2.05) is 31.2 Å². The maximum Gasteiger partial charge on any atom is 0.338 e. The van der Waals surface area contributed by atoms with Gasteiger partial charge in [0, 0.05) is 16.4 Å². The lowest BCUT2D eigenvalue weighted by Crippen LogP contribution is -2.29. The molecule has 0 aliphatic carbocycles. The molecular formula is C30H30ClN5O6S. The Labute approximate surface area is 257 Å². The first-order chi connectivity index (χ1) is 20.9. The van der Waals surface area contributed by atoms with Crippen LogP contribution in [0.1, 0.15) is 30.0 Å². The molecule has 0 saturated carbocycles. The quantitative estimate of drug-likeness (QED) is 0.148. The van der Waals surface area contributed by atoms with Gasteiger partial charge in [-0.3, -0.25) is 14.2 Å². The zero-order chi connectivity index (χ0) is 30.6. The van der Waals surface area contributed by atoms with E-state index in [4.69, 9.17) is 25.8 Å². The highest BCUT2D eigenvalue weighted by Gasteiger charge is 2.17. The third-order valence-electron chi connectivity index (χ3n) is 5.75. The maximum absolute atomic E-state index is 12.7. The van der Waals surface area contributed by atoms with E-state index in [9.17, 15) is 14.4 Å². The summed E-state index contributed by atoms with van der Waals surface area (Å²) in [5, 5.41) is 15.2. The molecule has 0 atom stereocenters. The topological polar surface area (TPSA) is 134 Å². The highest BCUT2D eigenvalue weighted by molar-refractivity contribution is 7.99. The van der Waals surface area contributed by atoms with E-state index in [2.05, 4.69) is 20.8 Å². The van der Waals surface area contributed by atoms with Crippen LogP contribution in [0.5, 0.6) is 11.5 Å². The number of aromatic nitrogens is 3. The molecule has 0 radical (unpaired) electrons. The molecule has 2 amide bonds. The molecule has 3 aromatic carbocycles. The Morgan fingerprint density at radius 1 is 0.837 bits per heavy atom. The van der Waals surface area contributed by atoms with Gasteiger partial charge in [-0.15, -0.1) is 10.2 Å². The van der Waals surface area contributed by atoms with E-state index < -0.39 is 5.97 Å². The number of hydrogen-bond donors (Lipinski definition) is 2. The number of thioether (sulfide) groups is 1. The molecule has 0 aliphatic heterocycles. The van der Waals surface area contributed by atoms with Crippen LogP contribution in [0.4, 0.5) is 5.69 Å². The number of benzene rings is 3. The van der Waals surface area contributed by atoms with Gasteiger partial charge in [0.25, 0.3) is 5.91 Å². The highest BCUT2D eigenvalue weighted by atomic mass is 35.5. The number of nitrogens with zero attached hydrogens (tertiary/aromatic N) is 3. The molecule has 0 aliphatic rings. The van der Waals surface area contributed by atoms with Crippen molar-refractivity contribution < 1.29 is 28.6 Å². The Balaban J connectivity index is 1.41. The smallest absolute Gasteiger partial charge is 0.338 e. The minimum absolute atomic E-state index is 0.0378. The first-order valence-electron chi connectivity index (χ1n) is 13.4. The van der Waals surface area contributed by atoms with Crippen molar-refractivity contribution in [2.45, 2.75) is 25.5 Å². The number of hydrogen-bond acceptors (Lipinski definition) is 9. The molecule has 0 saturated heterocycles. The first-order valence-corrected chi connectivity index (χ1v) is 14.7. The zero-order valence-electron chi connectivity index (χ0n) is 23.5. The van der Waals surface area contributed by atoms with E-state index in [0.717, 1.165) is 5.69 Å². The summed E-state index contributed by atoms with van der Waals surface area (Å²) in [5.41, 5.74) is 1.66. The molecule has 0 spiro atoms. The van der Waals surface area contributed by atoms with E-state index in [1.54, 1.807) is 60.0 Å². The van der Waals surface area contributed by atoms with Crippen LogP contribution in [0.2, 0.25) is 5.02 Å². The van der Waals surface area contributed by atoms with Crippen molar-refractivity contribution in [2.75, 3.05) is 30.9 Å². The van der Waals surface area contributed by atoms with Crippen LogP contribution in [0.25, 0.3) is 5.69 Å². The fraction of sp³-hybridized carbons (Fsp3) is 0.233. The summed E-state index contributed by atoms with van der Waals surface area (Å²) < 4.78 is 17.8. The SMILES string of the molecule is CCOC(=O)c1ccc(NC(=O)CSc2nnc(CNC(=O)COc3ccc(Cl)cc3)n2-c2ccc(OCC)cc2)cc1. The maximum atomic E-state index is 12.7. The van der Waals surface area contributed by atoms with Gasteiger partial charge in [-0.05, 0) is 86.6 Å². The standard InChI is InChI=1S/C30H30ClN5O6S/c1-3-40-24-15-11-23(12-16-24)36-26(17-32-27(37)18-42-25-13-7-21(31)8-14-25)34-35-30(36)43-19-28(38)33-22-9-5-20(6-10-22)29(39)41-4-2/h5-16H,3-4,17-19H2,1-2H3,(H,32,37)(H,33,38). The minimum Gasteiger partial charge on any atom is -0.494 e. The van der Waals surface area contributed by atoms with Crippen molar-refractivity contribution in [1.29, 1.82) is 0 Å². The Bertz CT molecular complexity index is 1530. The van der Waals surface area contributed by atoms with Crippen LogP contribution < -0.4 is 20.1 Å². The van der Waals surface area contributed by atoms with Gasteiger partial charge in [0.15, 0.2) is 17.6 Å². The summed E-state index contributed by atoms with van der Waals surface area (Å²) in [7, 11) is 0. The van der Waals surface area contributed by atoms with Crippen molar-refractivity contribution in [3.8, 4) is 17.2 Å². The van der Waals surface area contributed by atoms with E-state index in [1.165, 1.54) is 11.8 Å². The summed E-state index contributed by atoms with van der Waals surface area (Å²) in [4.78, 5) is 37.1. The molecule has 1 aromatic heterocycles. The number of amides is 2. The van der Waals surface area contributed by atoms with E-state index >= 15 is 0 Å². The molecule has 224 valence electrons. The van der Waals surface area contributed by atoms with Crippen LogP contribution in [-0.2, 0) is 20.9 Å². The van der Waals surface area contributed by atoms with Crippen LogP contribution in [0.15, 0.2) is 78.0 Å². The number of ether oxygens (including phenoxy) is 3. The summed E-state index contributed by atoms with van der Waals surface area (Å²) in [5.74, 6) is 0.672. The van der Waals surface area contributed by atoms with E-state index in [-0.39, 0.29) is 37.3 Å². The molecule has 4 rings (SSSR count). The van der Waals surface area contributed by atoms with Crippen molar-refractivity contribution in [2.24, 2.45) is 0 Å². The van der Waals surface area contributed by atoms with Crippen molar-refractivity contribution in [3.05, 3.63) is 89.2 Å². The number of nitrogens with one attached hydrogen (secondary N) is 2. The summed E-state index contributed by atoms with van der Waals surface area (Å²) in [6.07, 6.45) is 0. The Kier molecular flexibility index (Phi) is 11.4. The Morgan fingerprint density at radius 2 is 1.51 bits per heavy atom. The molecule has 0 fully saturated rings. The normalized spacial score (nSPS) is 10.6. The van der Waals surface area contributed by atoms with Crippen LogP contribution in [0.3, 0.4) is 0 Å². The zero-order valence-corrected chi connectivity index (χ0v) is 25.1. The largest absolute Gasteiger partial charge is 0.494 e. The molecule has 0 unspecified atom stereocenters. The summed E-state index contributed by atoms with van der Waals surface area (Å²) in [6.45, 7) is 4.33. The third kappa shape index (κ3) is 9.22. The molecule has 2 N–H and O–H groups in total. The molecule has 0 bridgehead atoms. The highest BCUT2D eigenvalue weighted by Crippen LogP contribution is 2.24. The van der Waals surface area contributed by atoms with Crippen molar-refractivity contribution >= 4 is 46.8 Å². The molecule has 11 nitrogen and oxygen atoms in total. The van der Waals surface area contributed by atoms with Gasteiger partial charge in [-0.1, -0.05) is 23.4 Å². The number of anilines is 1. The Hall–Kier alpha value is -4.55. The van der Waals surface area contributed by atoms with Gasteiger partial charge in [0.1, 0.15) is 11.5 Å². The number of carbonyl (C=O) groups excluding carboxylic acids is 3. The lowest BCUT2D eigenvalue weighted by atomic mass is 10.2. The van der Waals surface area contributed by atoms with Gasteiger partial charge >= 0.3 is 5.97 Å². The first kappa shape index (κ1) is 31.4.